The highest BCUT2D eigenvalue weighted by atomic mass is 19.3. The Hall–Kier alpha value is -0.850. The monoisotopic (exact) mass is 242 g/mol. The average Bonchev–Trinajstić information content (AvgIpc) is 2.69. The number of alkyl halides is 4. The van der Waals surface area contributed by atoms with Crippen molar-refractivity contribution in [2.24, 2.45) is 0 Å². The largest absolute Gasteiger partial charge is 0.342 e. The molecular weight excluding hydrogens is 228 g/mol. The van der Waals surface area contributed by atoms with Crippen LogP contribution in [0.4, 0.5) is 17.6 Å². The van der Waals surface area contributed by atoms with E-state index in [1.165, 1.54) is 4.90 Å². The topological polar surface area (TPSA) is 32.3 Å². The lowest BCUT2D eigenvalue weighted by atomic mass is 10.3. The van der Waals surface area contributed by atoms with Crippen molar-refractivity contribution in [1.29, 1.82) is 0 Å². The number of carbonyl (C=O) groups excluding carboxylic acids is 1. The van der Waals surface area contributed by atoms with Crippen LogP contribution in [0.25, 0.3) is 0 Å². The molecule has 0 unspecified atom stereocenters. The van der Waals surface area contributed by atoms with Crippen molar-refractivity contribution in [3.05, 3.63) is 0 Å². The molecule has 0 aromatic carbocycles. The molecule has 1 amide bonds. The Morgan fingerprint density at radius 3 is 2.38 bits per heavy atom. The van der Waals surface area contributed by atoms with Crippen molar-refractivity contribution in [3.63, 3.8) is 0 Å². The number of amides is 1. The van der Waals surface area contributed by atoms with Crippen molar-refractivity contribution in [3.8, 4) is 0 Å². The lowest BCUT2D eigenvalue weighted by molar-refractivity contribution is -0.133. The SMILES string of the molecule is O=C(CNCC(F)(F)C(F)F)N1CCCC1. The second kappa shape index (κ2) is 5.47. The lowest BCUT2D eigenvalue weighted by Crippen LogP contribution is -2.43. The first-order chi connectivity index (χ1) is 7.43. The molecule has 0 aromatic rings. The van der Waals surface area contributed by atoms with Crippen LogP contribution >= 0.6 is 0 Å². The molecule has 1 saturated heterocycles. The predicted octanol–water partition coefficient (Wildman–Crippen LogP) is 1.10. The maximum absolute atomic E-state index is 12.4. The van der Waals surface area contributed by atoms with Crippen LogP contribution < -0.4 is 5.32 Å². The number of likely N-dealkylation sites (tertiary alicyclic amines) is 1. The Morgan fingerprint density at radius 2 is 1.88 bits per heavy atom. The molecule has 3 nitrogen and oxygen atoms in total. The van der Waals surface area contributed by atoms with Crippen molar-refractivity contribution in [2.45, 2.75) is 25.2 Å². The third-order valence-electron chi connectivity index (χ3n) is 2.41. The molecule has 0 aromatic heterocycles. The van der Waals surface area contributed by atoms with Crippen LogP contribution in [0.2, 0.25) is 0 Å². The standard InChI is InChI=1S/C9H14F4N2O/c10-8(11)9(12,13)6-14-5-7(16)15-3-1-2-4-15/h8,14H,1-6H2. The van der Waals surface area contributed by atoms with Gasteiger partial charge in [-0.1, -0.05) is 0 Å². The zero-order valence-corrected chi connectivity index (χ0v) is 8.69. The van der Waals surface area contributed by atoms with Gasteiger partial charge in [0.1, 0.15) is 0 Å². The van der Waals surface area contributed by atoms with Crippen LogP contribution in [0.5, 0.6) is 0 Å². The van der Waals surface area contributed by atoms with Gasteiger partial charge in [0, 0.05) is 13.1 Å². The quantitative estimate of drug-likeness (QED) is 0.732. The van der Waals surface area contributed by atoms with Gasteiger partial charge in [-0.15, -0.1) is 0 Å². The van der Waals surface area contributed by atoms with Gasteiger partial charge in [0.25, 0.3) is 0 Å². The molecule has 0 radical (unpaired) electrons. The molecule has 0 saturated carbocycles. The summed E-state index contributed by atoms with van der Waals surface area (Å²) in [7, 11) is 0. The van der Waals surface area contributed by atoms with E-state index >= 15 is 0 Å². The van der Waals surface area contributed by atoms with Gasteiger partial charge < -0.3 is 10.2 Å². The van der Waals surface area contributed by atoms with Gasteiger partial charge in [0.2, 0.25) is 5.91 Å². The van der Waals surface area contributed by atoms with Crippen LogP contribution in [-0.4, -0.2) is 49.3 Å². The summed E-state index contributed by atoms with van der Waals surface area (Å²) in [6.45, 7) is -0.260. The minimum Gasteiger partial charge on any atom is -0.342 e. The molecule has 16 heavy (non-hydrogen) atoms. The number of hydrogen-bond acceptors (Lipinski definition) is 2. The normalized spacial score (nSPS) is 17.2. The van der Waals surface area contributed by atoms with E-state index in [4.69, 9.17) is 0 Å². The number of hydrogen-bond donors (Lipinski definition) is 1. The zero-order chi connectivity index (χ0) is 12.2. The molecular formula is C9H14F4N2O. The predicted molar refractivity (Wildman–Crippen MR) is 49.6 cm³/mol. The molecule has 0 spiro atoms. The Labute approximate surface area is 90.8 Å². The molecule has 1 aliphatic rings. The Balaban J connectivity index is 2.22. The first kappa shape index (κ1) is 13.2. The molecule has 0 bridgehead atoms. The highest BCUT2D eigenvalue weighted by Crippen LogP contribution is 2.21. The van der Waals surface area contributed by atoms with E-state index in [9.17, 15) is 22.4 Å². The van der Waals surface area contributed by atoms with Gasteiger partial charge >= 0.3 is 12.3 Å². The van der Waals surface area contributed by atoms with Gasteiger partial charge in [0.05, 0.1) is 13.1 Å². The first-order valence-corrected chi connectivity index (χ1v) is 5.08. The zero-order valence-electron chi connectivity index (χ0n) is 8.69. The van der Waals surface area contributed by atoms with Crippen molar-refractivity contribution in [2.75, 3.05) is 26.2 Å². The summed E-state index contributed by atoms with van der Waals surface area (Å²) in [5.74, 6) is -4.40. The first-order valence-electron chi connectivity index (χ1n) is 5.08. The van der Waals surface area contributed by atoms with Crippen LogP contribution in [0.3, 0.4) is 0 Å². The average molecular weight is 242 g/mol. The Morgan fingerprint density at radius 1 is 1.31 bits per heavy atom. The molecule has 1 fully saturated rings. The number of nitrogens with one attached hydrogen (secondary N) is 1. The molecule has 1 rings (SSSR count). The molecule has 7 heteroatoms. The van der Waals surface area contributed by atoms with E-state index in [-0.39, 0.29) is 12.5 Å². The molecule has 94 valence electrons. The molecule has 0 aliphatic carbocycles. The van der Waals surface area contributed by atoms with E-state index in [0.717, 1.165) is 12.8 Å². The highest BCUT2D eigenvalue weighted by molar-refractivity contribution is 5.78. The Kier molecular flexibility index (Phi) is 4.52. The number of nitrogens with zero attached hydrogens (tertiary/aromatic N) is 1. The summed E-state index contributed by atoms with van der Waals surface area (Å²) in [5.41, 5.74) is 0. The smallest absolute Gasteiger partial charge is 0.319 e. The van der Waals surface area contributed by atoms with Crippen molar-refractivity contribution < 1.29 is 22.4 Å². The van der Waals surface area contributed by atoms with Gasteiger partial charge in [0.15, 0.2) is 0 Å². The van der Waals surface area contributed by atoms with Gasteiger partial charge in [-0.3, -0.25) is 4.79 Å². The molecule has 1 aliphatic heterocycles. The van der Waals surface area contributed by atoms with E-state index < -0.39 is 18.9 Å². The van der Waals surface area contributed by atoms with Crippen LogP contribution in [0.1, 0.15) is 12.8 Å². The fourth-order valence-corrected chi connectivity index (χ4v) is 1.49. The minimum atomic E-state index is -4.08. The summed E-state index contributed by atoms with van der Waals surface area (Å²) in [6, 6.07) is 0. The van der Waals surface area contributed by atoms with Gasteiger partial charge in [-0.2, -0.15) is 8.78 Å². The van der Waals surface area contributed by atoms with Crippen LogP contribution in [0, 0.1) is 0 Å². The fraction of sp³-hybridized carbons (Fsp3) is 0.889. The van der Waals surface area contributed by atoms with E-state index in [1.54, 1.807) is 0 Å². The summed E-state index contributed by atoms with van der Waals surface area (Å²) < 4.78 is 48.4. The molecule has 1 heterocycles. The number of rotatable bonds is 5. The van der Waals surface area contributed by atoms with Gasteiger partial charge in [-0.25, -0.2) is 8.78 Å². The fourth-order valence-electron chi connectivity index (χ4n) is 1.49. The lowest BCUT2D eigenvalue weighted by Gasteiger charge is -2.18. The van der Waals surface area contributed by atoms with E-state index in [1.807, 2.05) is 0 Å². The second-order valence-corrected chi connectivity index (χ2v) is 3.75. The molecule has 1 N–H and O–H groups in total. The summed E-state index contributed by atoms with van der Waals surface area (Å²) in [5, 5.41) is 2.06. The summed E-state index contributed by atoms with van der Waals surface area (Å²) in [4.78, 5) is 12.9. The summed E-state index contributed by atoms with van der Waals surface area (Å²) in [6.07, 6.45) is -1.90. The summed E-state index contributed by atoms with van der Waals surface area (Å²) >= 11 is 0. The van der Waals surface area contributed by atoms with E-state index in [2.05, 4.69) is 5.32 Å². The second-order valence-electron chi connectivity index (χ2n) is 3.75. The van der Waals surface area contributed by atoms with E-state index in [0.29, 0.717) is 13.1 Å². The third-order valence-corrected chi connectivity index (χ3v) is 2.41. The third kappa shape index (κ3) is 3.62. The number of carbonyl (C=O) groups is 1. The van der Waals surface area contributed by atoms with Crippen LogP contribution in [-0.2, 0) is 4.79 Å². The maximum Gasteiger partial charge on any atom is 0.319 e. The van der Waals surface area contributed by atoms with Crippen molar-refractivity contribution >= 4 is 5.91 Å². The highest BCUT2D eigenvalue weighted by Gasteiger charge is 2.40. The Bertz CT molecular complexity index is 242. The van der Waals surface area contributed by atoms with Gasteiger partial charge in [-0.05, 0) is 12.8 Å². The molecule has 0 atom stereocenters. The minimum absolute atomic E-state index is 0.317. The maximum atomic E-state index is 12.4. The van der Waals surface area contributed by atoms with Crippen LogP contribution in [0.15, 0.2) is 0 Å². The number of halogens is 4. The van der Waals surface area contributed by atoms with Crippen molar-refractivity contribution in [1.82, 2.24) is 10.2 Å².